The van der Waals surface area contributed by atoms with E-state index in [0.717, 1.165) is 0 Å². The maximum atomic E-state index is 13.6. The Bertz CT molecular complexity index is 1010. The molecule has 0 aliphatic carbocycles. The van der Waals surface area contributed by atoms with E-state index in [2.05, 4.69) is 10.6 Å². The van der Waals surface area contributed by atoms with E-state index in [0.29, 0.717) is 0 Å². The second kappa shape index (κ2) is 8.77. The van der Waals surface area contributed by atoms with Crippen molar-refractivity contribution in [1.29, 1.82) is 0 Å². The highest BCUT2D eigenvalue weighted by Gasteiger charge is 2.14. The molecule has 3 aromatic rings. The molecule has 0 saturated heterocycles. The molecule has 0 saturated carbocycles. The van der Waals surface area contributed by atoms with Gasteiger partial charge in [-0.25, -0.2) is 8.78 Å². The molecule has 0 unspecified atom stereocenters. The Morgan fingerprint density at radius 3 is 2.39 bits per heavy atom. The first kappa shape index (κ1) is 19.0. The average Bonchev–Trinajstić information content (AvgIpc) is 2.68. The van der Waals surface area contributed by atoms with E-state index in [4.69, 9.17) is 4.74 Å². The fourth-order valence-corrected chi connectivity index (χ4v) is 2.44. The highest BCUT2D eigenvalue weighted by molar-refractivity contribution is 6.06. The van der Waals surface area contributed by atoms with Crippen molar-refractivity contribution in [3.8, 4) is 5.75 Å². The molecule has 5 nitrogen and oxygen atoms in total. The highest BCUT2D eigenvalue weighted by Crippen LogP contribution is 2.20. The summed E-state index contributed by atoms with van der Waals surface area (Å²) in [4.78, 5) is 24.5. The van der Waals surface area contributed by atoms with Gasteiger partial charge < -0.3 is 15.4 Å². The quantitative estimate of drug-likeness (QED) is 0.670. The van der Waals surface area contributed by atoms with Crippen molar-refractivity contribution in [1.82, 2.24) is 0 Å². The van der Waals surface area contributed by atoms with Crippen molar-refractivity contribution in [3.05, 3.63) is 90.0 Å². The third-order valence-corrected chi connectivity index (χ3v) is 3.72. The van der Waals surface area contributed by atoms with E-state index in [-0.39, 0.29) is 22.7 Å². The lowest BCUT2D eigenvalue weighted by Crippen LogP contribution is -2.22. The molecule has 28 heavy (non-hydrogen) atoms. The minimum atomic E-state index is -0.578. The van der Waals surface area contributed by atoms with E-state index in [1.165, 1.54) is 48.5 Å². The Labute approximate surface area is 160 Å². The van der Waals surface area contributed by atoms with Crippen LogP contribution in [0.2, 0.25) is 0 Å². The van der Waals surface area contributed by atoms with Crippen LogP contribution in [0.5, 0.6) is 5.75 Å². The predicted molar refractivity (Wildman–Crippen MR) is 101 cm³/mol. The number of carbonyl (C=O) groups excluding carboxylic acids is 2. The van der Waals surface area contributed by atoms with Gasteiger partial charge in [0.15, 0.2) is 6.61 Å². The smallest absolute Gasteiger partial charge is 0.262 e. The number of amides is 2. The van der Waals surface area contributed by atoms with Gasteiger partial charge in [0.25, 0.3) is 11.8 Å². The van der Waals surface area contributed by atoms with Crippen LogP contribution in [0.1, 0.15) is 10.4 Å². The van der Waals surface area contributed by atoms with Gasteiger partial charge in [-0.1, -0.05) is 30.3 Å². The van der Waals surface area contributed by atoms with Crippen molar-refractivity contribution in [3.63, 3.8) is 0 Å². The van der Waals surface area contributed by atoms with Gasteiger partial charge in [-0.15, -0.1) is 0 Å². The zero-order valence-corrected chi connectivity index (χ0v) is 14.6. The minimum absolute atomic E-state index is 0.0354. The fraction of sp³-hybridized carbons (Fsp3) is 0.0476. The van der Waals surface area contributed by atoms with Crippen LogP contribution in [0.25, 0.3) is 0 Å². The van der Waals surface area contributed by atoms with Gasteiger partial charge in [-0.2, -0.15) is 0 Å². The Hall–Kier alpha value is -3.74. The van der Waals surface area contributed by atoms with Gasteiger partial charge in [0, 0.05) is 5.69 Å². The largest absolute Gasteiger partial charge is 0.483 e. The van der Waals surface area contributed by atoms with E-state index >= 15 is 0 Å². The Morgan fingerprint density at radius 2 is 1.61 bits per heavy atom. The van der Waals surface area contributed by atoms with Gasteiger partial charge in [-0.05, 0) is 42.5 Å². The number of hydrogen-bond donors (Lipinski definition) is 2. The lowest BCUT2D eigenvalue weighted by molar-refractivity contribution is -0.118. The van der Waals surface area contributed by atoms with Crippen LogP contribution < -0.4 is 15.4 Å². The standard InChI is InChI=1S/C21H16F2N2O3/c22-14-6-5-7-15(12-14)24-21(27)16-8-1-4-11-19(16)28-13-20(26)25-18-10-3-2-9-17(18)23/h1-12H,13H2,(H,24,27)(H,25,26). The summed E-state index contributed by atoms with van der Waals surface area (Å²) in [6, 6.07) is 17.5. The van der Waals surface area contributed by atoms with Crippen LogP contribution in [-0.2, 0) is 4.79 Å². The summed E-state index contributed by atoms with van der Waals surface area (Å²) >= 11 is 0. The Morgan fingerprint density at radius 1 is 0.857 bits per heavy atom. The maximum absolute atomic E-state index is 13.6. The van der Waals surface area contributed by atoms with Crippen molar-refractivity contribution >= 4 is 23.2 Å². The molecule has 2 N–H and O–H groups in total. The van der Waals surface area contributed by atoms with Crippen molar-refractivity contribution in [2.75, 3.05) is 17.2 Å². The van der Waals surface area contributed by atoms with Crippen LogP contribution in [0.4, 0.5) is 20.2 Å². The molecule has 142 valence electrons. The molecule has 0 aromatic heterocycles. The zero-order chi connectivity index (χ0) is 19.9. The number of nitrogens with one attached hydrogen (secondary N) is 2. The monoisotopic (exact) mass is 382 g/mol. The van der Waals surface area contributed by atoms with Gasteiger partial charge >= 0.3 is 0 Å². The number of para-hydroxylation sites is 2. The van der Waals surface area contributed by atoms with Crippen molar-refractivity contribution in [2.24, 2.45) is 0 Å². The first-order chi connectivity index (χ1) is 13.5. The van der Waals surface area contributed by atoms with Gasteiger partial charge in [0.1, 0.15) is 17.4 Å². The Kier molecular flexibility index (Phi) is 5.96. The minimum Gasteiger partial charge on any atom is -0.483 e. The summed E-state index contributed by atoms with van der Waals surface area (Å²) in [5, 5.41) is 4.96. The maximum Gasteiger partial charge on any atom is 0.262 e. The third kappa shape index (κ3) is 4.91. The molecule has 0 bridgehead atoms. The van der Waals surface area contributed by atoms with E-state index < -0.39 is 30.1 Å². The Balaban J connectivity index is 1.66. The number of carbonyl (C=O) groups is 2. The summed E-state index contributed by atoms with van der Waals surface area (Å²) in [5.74, 6) is -1.97. The molecule has 0 heterocycles. The lowest BCUT2D eigenvalue weighted by atomic mass is 10.2. The summed E-state index contributed by atoms with van der Waals surface area (Å²) in [6.45, 7) is -0.418. The van der Waals surface area contributed by atoms with E-state index in [1.54, 1.807) is 24.3 Å². The van der Waals surface area contributed by atoms with E-state index in [1.807, 2.05) is 0 Å². The molecule has 2 amide bonds. The zero-order valence-electron chi connectivity index (χ0n) is 14.6. The number of anilines is 2. The fourth-order valence-electron chi connectivity index (χ4n) is 2.44. The molecule has 3 rings (SSSR count). The molecule has 0 radical (unpaired) electrons. The van der Waals surface area contributed by atoms with Crippen LogP contribution in [0.3, 0.4) is 0 Å². The summed E-state index contributed by atoms with van der Waals surface area (Å²) in [5.41, 5.74) is 0.496. The molecule has 0 atom stereocenters. The second-order valence-electron chi connectivity index (χ2n) is 5.78. The number of benzene rings is 3. The lowest BCUT2D eigenvalue weighted by Gasteiger charge is -2.12. The van der Waals surface area contributed by atoms with Gasteiger partial charge in [0.05, 0.1) is 11.3 Å². The normalized spacial score (nSPS) is 10.2. The SMILES string of the molecule is O=C(COc1ccccc1C(=O)Nc1cccc(F)c1)Nc1ccccc1F. The number of ether oxygens (including phenoxy) is 1. The number of halogens is 2. The molecule has 0 spiro atoms. The van der Waals surface area contributed by atoms with Gasteiger partial charge in [-0.3, -0.25) is 9.59 Å². The first-order valence-corrected chi connectivity index (χ1v) is 8.36. The van der Waals surface area contributed by atoms with Crippen LogP contribution >= 0.6 is 0 Å². The van der Waals surface area contributed by atoms with Crippen molar-refractivity contribution < 1.29 is 23.1 Å². The summed E-state index contributed by atoms with van der Waals surface area (Å²) in [7, 11) is 0. The van der Waals surface area contributed by atoms with E-state index in [9.17, 15) is 18.4 Å². The molecule has 0 aliphatic rings. The second-order valence-corrected chi connectivity index (χ2v) is 5.78. The van der Waals surface area contributed by atoms with Crippen LogP contribution in [0.15, 0.2) is 72.8 Å². The predicted octanol–water partition coefficient (Wildman–Crippen LogP) is 4.23. The third-order valence-electron chi connectivity index (χ3n) is 3.72. The van der Waals surface area contributed by atoms with Crippen LogP contribution in [0, 0.1) is 11.6 Å². The number of rotatable bonds is 6. The number of hydrogen-bond acceptors (Lipinski definition) is 3. The molecule has 0 fully saturated rings. The molecular formula is C21H16F2N2O3. The molecule has 0 aliphatic heterocycles. The molecule has 7 heteroatoms. The molecular weight excluding hydrogens is 366 g/mol. The van der Waals surface area contributed by atoms with Crippen LogP contribution in [-0.4, -0.2) is 18.4 Å². The topological polar surface area (TPSA) is 67.4 Å². The first-order valence-electron chi connectivity index (χ1n) is 8.36. The van der Waals surface area contributed by atoms with Crippen molar-refractivity contribution in [2.45, 2.75) is 0 Å². The molecule has 3 aromatic carbocycles. The average molecular weight is 382 g/mol. The highest BCUT2D eigenvalue weighted by atomic mass is 19.1. The van der Waals surface area contributed by atoms with Gasteiger partial charge in [0.2, 0.25) is 0 Å². The summed E-state index contributed by atoms with van der Waals surface area (Å²) in [6.07, 6.45) is 0. The summed E-state index contributed by atoms with van der Waals surface area (Å²) < 4.78 is 32.3.